The molecule has 14 heavy (non-hydrogen) atoms. The predicted molar refractivity (Wildman–Crippen MR) is 47.3 cm³/mol. The van der Waals surface area contributed by atoms with E-state index in [1.54, 1.807) is 6.92 Å². The Hall–Kier alpha value is -0.240. The van der Waals surface area contributed by atoms with E-state index in [1.807, 2.05) is 0 Å². The first-order valence-electron chi connectivity index (χ1n) is 4.27. The minimum atomic E-state index is -0.985. The smallest absolute Gasteiger partial charge is 0.114 e. The van der Waals surface area contributed by atoms with E-state index >= 15 is 0 Å². The van der Waals surface area contributed by atoms with Gasteiger partial charge >= 0.3 is 0 Å². The number of rotatable bonds is 2. The summed E-state index contributed by atoms with van der Waals surface area (Å²) in [5, 5.41) is 27.9. The molecule has 0 spiro atoms. The molecular formula is C8H17NO5. The fraction of sp³-hybridized carbons (Fsp3) is 1.00. The number of ether oxygens (including phenoxy) is 2. The quantitative estimate of drug-likeness (QED) is 0.496. The van der Waals surface area contributed by atoms with Crippen molar-refractivity contribution in [3.63, 3.8) is 0 Å². The molecule has 6 heteroatoms. The molecule has 1 heterocycles. The van der Waals surface area contributed by atoms with Gasteiger partial charge in [0.2, 0.25) is 0 Å². The van der Waals surface area contributed by atoms with Crippen molar-refractivity contribution >= 4 is 0 Å². The van der Waals surface area contributed by atoms with Crippen molar-refractivity contribution in [3.8, 4) is 0 Å². The lowest BCUT2D eigenvalue weighted by atomic mass is 9.96. The highest BCUT2D eigenvalue weighted by molar-refractivity contribution is 4.91. The molecule has 0 saturated carbocycles. The van der Waals surface area contributed by atoms with E-state index in [-0.39, 0.29) is 12.8 Å². The Morgan fingerprint density at radius 2 is 1.86 bits per heavy atom. The lowest BCUT2D eigenvalue weighted by molar-refractivity contribution is -0.231. The average Bonchev–Trinajstić information content (AvgIpc) is 2.12. The summed E-state index contributed by atoms with van der Waals surface area (Å²) < 4.78 is 10.1. The summed E-state index contributed by atoms with van der Waals surface area (Å²) >= 11 is 0. The normalized spacial score (nSPS) is 43.1. The molecule has 0 aromatic rings. The van der Waals surface area contributed by atoms with Crippen LogP contribution in [0.4, 0.5) is 0 Å². The van der Waals surface area contributed by atoms with Crippen LogP contribution in [0.3, 0.4) is 0 Å². The number of aliphatic hydroxyl groups is 3. The lowest BCUT2D eigenvalue weighted by Gasteiger charge is -2.40. The van der Waals surface area contributed by atoms with Gasteiger partial charge in [-0.3, -0.25) is 0 Å². The van der Waals surface area contributed by atoms with E-state index in [0.29, 0.717) is 0 Å². The number of hydrogen-bond acceptors (Lipinski definition) is 5. The van der Waals surface area contributed by atoms with E-state index in [0.717, 1.165) is 0 Å². The van der Waals surface area contributed by atoms with E-state index in [1.165, 1.54) is 7.11 Å². The van der Waals surface area contributed by atoms with Crippen LogP contribution in [0, 0.1) is 0 Å². The molecule has 84 valence electrons. The van der Waals surface area contributed by atoms with Gasteiger partial charge in [-0.15, -0.1) is 0 Å². The SMILES string of the molecule is COC1[C@@H](O)[C@H](C)O[C@H](CO)[C@H]1O.[NH]. The Balaban J connectivity index is 0.00000169. The monoisotopic (exact) mass is 207 g/mol. The zero-order valence-electron chi connectivity index (χ0n) is 8.25. The van der Waals surface area contributed by atoms with Gasteiger partial charge in [-0.1, -0.05) is 0 Å². The molecule has 1 rings (SSSR count). The Labute approximate surface area is 83.0 Å². The summed E-state index contributed by atoms with van der Waals surface area (Å²) in [4.78, 5) is 0. The predicted octanol–water partition coefficient (Wildman–Crippen LogP) is -1.76. The summed E-state index contributed by atoms with van der Waals surface area (Å²) in [5.41, 5.74) is 0. The zero-order valence-corrected chi connectivity index (χ0v) is 8.25. The molecule has 4 N–H and O–H groups in total. The third-order valence-corrected chi connectivity index (χ3v) is 2.38. The molecule has 6 nitrogen and oxygen atoms in total. The number of aliphatic hydroxyl groups excluding tert-OH is 3. The summed E-state index contributed by atoms with van der Waals surface area (Å²) in [6.45, 7) is 1.39. The highest BCUT2D eigenvalue weighted by Gasteiger charge is 2.42. The van der Waals surface area contributed by atoms with Gasteiger partial charge in [0, 0.05) is 7.11 Å². The van der Waals surface area contributed by atoms with Gasteiger partial charge in [-0.25, -0.2) is 0 Å². The maximum absolute atomic E-state index is 9.55. The van der Waals surface area contributed by atoms with Crippen LogP contribution in [0.25, 0.3) is 0 Å². The van der Waals surface area contributed by atoms with Crippen molar-refractivity contribution in [1.82, 2.24) is 6.15 Å². The Bertz CT molecular complexity index is 168. The summed E-state index contributed by atoms with van der Waals surface area (Å²) in [6.07, 6.45) is -3.65. The van der Waals surface area contributed by atoms with Crippen molar-refractivity contribution in [3.05, 3.63) is 0 Å². The van der Waals surface area contributed by atoms with Gasteiger partial charge in [-0.2, -0.15) is 6.15 Å². The van der Waals surface area contributed by atoms with Crippen LogP contribution in [0.2, 0.25) is 0 Å². The molecule has 1 unspecified atom stereocenters. The third kappa shape index (κ3) is 2.41. The van der Waals surface area contributed by atoms with E-state index < -0.39 is 30.5 Å². The lowest BCUT2D eigenvalue weighted by Crippen LogP contribution is -2.58. The topological polar surface area (TPSA) is 111 Å². The third-order valence-electron chi connectivity index (χ3n) is 2.38. The summed E-state index contributed by atoms with van der Waals surface area (Å²) in [6, 6.07) is 0. The molecular weight excluding hydrogens is 190 g/mol. The van der Waals surface area contributed by atoms with Crippen LogP contribution < -0.4 is 6.15 Å². The fourth-order valence-electron chi connectivity index (χ4n) is 1.55. The first kappa shape index (κ1) is 13.8. The van der Waals surface area contributed by atoms with Gasteiger partial charge < -0.3 is 24.8 Å². The average molecular weight is 207 g/mol. The molecule has 2 radical (unpaired) electrons. The van der Waals surface area contributed by atoms with Crippen molar-refractivity contribution in [2.24, 2.45) is 0 Å². The highest BCUT2D eigenvalue weighted by Crippen LogP contribution is 2.22. The van der Waals surface area contributed by atoms with Crippen molar-refractivity contribution in [2.75, 3.05) is 13.7 Å². The fourth-order valence-corrected chi connectivity index (χ4v) is 1.55. The molecule has 0 bridgehead atoms. The van der Waals surface area contributed by atoms with E-state index in [9.17, 15) is 10.2 Å². The molecule has 1 aliphatic heterocycles. The minimum Gasteiger partial charge on any atom is -0.394 e. The largest absolute Gasteiger partial charge is 0.394 e. The second kappa shape index (κ2) is 5.59. The molecule has 0 aromatic heterocycles. The Morgan fingerprint density at radius 3 is 2.29 bits per heavy atom. The second-order valence-corrected chi connectivity index (χ2v) is 3.24. The number of methoxy groups -OCH3 is 1. The van der Waals surface area contributed by atoms with Gasteiger partial charge in [0.25, 0.3) is 0 Å². The summed E-state index contributed by atoms with van der Waals surface area (Å²) in [7, 11) is 1.41. The molecule has 1 saturated heterocycles. The maximum atomic E-state index is 9.55. The van der Waals surface area contributed by atoms with Crippen LogP contribution in [-0.4, -0.2) is 59.6 Å². The van der Waals surface area contributed by atoms with Crippen LogP contribution in [0.15, 0.2) is 0 Å². The van der Waals surface area contributed by atoms with Crippen molar-refractivity contribution in [1.29, 1.82) is 0 Å². The van der Waals surface area contributed by atoms with E-state index in [2.05, 4.69) is 0 Å². The van der Waals surface area contributed by atoms with Crippen LogP contribution >= 0.6 is 0 Å². The number of nitrogens with one attached hydrogen (secondary N) is 1. The highest BCUT2D eigenvalue weighted by atomic mass is 16.6. The molecule has 1 fully saturated rings. The molecule has 0 aromatic carbocycles. The molecule has 5 atom stereocenters. The molecule has 0 amide bonds. The molecule has 0 aliphatic carbocycles. The van der Waals surface area contributed by atoms with Gasteiger partial charge in [0.1, 0.15) is 24.4 Å². The Morgan fingerprint density at radius 1 is 1.29 bits per heavy atom. The second-order valence-electron chi connectivity index (χ2n) is 3.24. The first-order valence-corrected chi connectivity index (χ1v) is 4.27. The molecule has 1 aliphatic rings. The van der Waals surface area contributed by atoms with Crippen LogP contribution in [0.5, 0.6) is 0 Å². The van der Waals surface area contributed by atoms with Crippen LogP contribution in [-0.2, 0) is 9.47 Å². The standard InChI is InChI=1S/C8H16O5.HN/c1-4-6(10)8(12-2)7(11)5(3-9)13-4;/h4-11H,3H2,1-2H3;1H/t4-,5+,6-,7+,8?;/m0./s1. The van der Waals surface area contributed by atoms with Crippen molar-refractivity contribution < 1.29 is 24.8 Å². The summed E-state index contributed by atoms with van der Waals surface area (Å²) in [5.74, 6) is 0. The first-order chi connectivity index (χ1) is 6.11. The van der Waals surface area contributed by atoms with Gasteiger partial charge in [-0.05, 0) is 6.92 Å². The number of hydrogen-bond donors (Lipinski definition) is 3. The van der Waals surface area contributed by atoms with Gasteiger partial charge in [0.15, 0.2) is 0 Å². The minimum absolute atomic E-state index is 0. The van der Waals surface area contributed by atoms with Crippen LogP contribution in [0.1, 0.15) is 6.92 Å². The Kier molecular flexibility index (Phi) is 5.50. The van der Waals surface area contributed by atoms with E-state index in [4.69, 9.17) is 14.6 Å². The van der Waals surface area contributed by atoms with Gasteiger partial charge in [0.05, 0.1) is 12.7 Å². The van der Waals surface area contributed by atoms with Crippen molar-refractivity contribution in [2.45, 2.75) is 37.4 Å². The zero-order chi connectivity index (χ0) is 10.0. The maximum Gasteiger partial charge on any atom is 0.114 e.